The van der Waals surface area contributed by atoms with E-state index in [9.17, 15) is 14.4 Å². The molecule has 0 aliphatic heterocycles. The van der Waals surface area contributed by atoms with E-state index < -0.39 is 11.9 Å². The van der Waals surface area contributed by atoms with E-state index in [1.807, 2.05) is 13.0 Å². The highest BCUT2D eigenvalue weighted by Gasteiger charge is 2.05. The average molecular weight is 301 g/mol. The predicted molar refractivity (Wildman–Crippen MR) is 81.5 cm³/mol. The molecule has 0 aliphatic rings. The standard InChI is InChI=1S/C16H15NO5/c1-10-2-4-13-12(8-10)16(21)11(9-22-13)3-5-14(18)17-7-6-15(19)20/h2-5,8-9H,6-7H2,1H3,(H,17,18)(H,19,20)/b5-3+. The van der Waals surface area contributed by atoms with Crippen molar-refractivity contribution >= 4 is 28.9 Å². The maximum Gasteiger partial charge on any atom is 0.305 e. The van der Waals surface area contributed by atoms with E-state index in [-0.39, 0.29) is 24.0 Å². The van der Waals surface area contributed by atoms with Crippen molar-refractivity contribution in [2.45, 2.75) is 13.3 Å². The number of carbonyl (C=O) groups excluding carboxylic acids is 1. The number of hydrogen-bond acceptors (Lipinski definition) is 4. The molecule has 0 atom stereocenters. The van der Waals surface area contributed by atoms with E-state index in [1.165, 1.54) is 18.4 Å². The Balaban J connectivity index is 2.16. The monoisotopic (exact) mass is 301 g/mol. The van der Waals surface area contributed by atoms with E-state index in [1.54, 1.807) is 12.1 Å². The van der Waals surface area contributed by atoms with Crippen molar-refractivity contribution in [1.29, 1.82) is 0 Å². The molecule has 1 aromatic heterocycles. The molecule has 0 bridgehead atoms. The number of carboxylic acid groups (broad SMARTS) is 1. The molecule has 2 rings (SSSR count). The number of aliphatic carboxylic acids is 1. The number of fused-ring (bicyclic) bond motifs is 1. The summed E-state index contributed by atoms with van der Waals surface area (Å²) in [5.41, 5.74) is 1.46. The first-order valence-corrected chi connectivity index (χ1v) is 6.67. The van der Waals surface area contributed by atoms with Crippen LogP contribution < -0.4 is 10.7 Å². The van der Waals surface area contributed by atoms with E-state index in [4.69, 9.17) is 9.52 Å². The Morgan fingerprint density at radius 3 is 2.86 bits per heavy atom. The van der Waals surface area contributed by atoms with E-state index >= 15 is 0 Å². The molecule has 6 nitrogen and oxygen atoms in total. The van der Waals surface area contributed by atoms with Crippen LogP contribution in [0.5, 0.6) is 0 Å². The first kappa shape index (κ1) is 15.5. The van der Waals surface area contributed by atoms with Gasteiger partial charge in [-0.3, -0.25) is 14.4 Å². The summed E-state index contributed by atoms with van der Waals surface area (Å²) in [6.45, 7) is 1.90. The lowest BCUT2D eigenvalue weighted by atomic mass is 10.1. The molecule has 0 saturated heterocycles. The third-order valence-electron chi connectivity index (χ3n) is 3.01. The fourth-order valence-electron chi connectivity index (χ4n) is 1.89. The molecule has 0 saturated carbocycles. The Morgan fingerprint density at radius 2 is 2.14 bits per heavy atom. The number of benzene rings is 1. The molecular weight excluding hydrogens is 286 g/mol. The zero-order chi connectivity index (χ0) is 16.1. The third-order valence-corrected chi connectivity index (χ3v) is 3.01. The SMILES string of the molecule is Cc1ccc2occ(/C=C/C(=O)NCCC(=O)O)c(=O)c2c1. The quantitative estimate of drug-likeness (QED) is 0.819. The highest BCUT2D eigenvalue weighted by atomic mass is 16.4. The van der Waals surface area contributed by atoms with Gasteiger partial charge in [0.1, 0.15) is 11.8 Å². The van der Waals surface area contributed by atoms with Crippen molar-refractivity contribution in [2.24, 2.45) is 0 Å². The smallest absolute Gasteiger partial charge is 0.305 e. The minimum atomic E-state index is -0.991. The normalized spacial score (nSPS) is 11.0. The largest absolute Gasteiger partial charge is 0.481 e. The van der Waals surface area contributed by atoms with Gasteiger partial charge in [-0.25, -0.2) is 0 Å². The summed E-state index contributed by atoms with van der Waals surface area (Å²) in [6, 6.07) is 5.29. The second-order valence-electron chi connectivity index (χ2n) is 4.79. The van der Waals surface area contributed by atoms with Crippen molar-refractivity contribution in [2.75, 3.05) is 6.54 Å². The summed E-state index contributed by atoms with van der Waals surface area (Å²) in [4.78, 5) is 34.1. The van der Waals surface area contributed by atoms with Crippen LogP contribution in [0.25, 0.3) is 17.0 Å². The molecule has 0 unspecified atom stereocenters. The molecule has 0 aliphatic carbocycles. The topological polar surface area (TPSA) is 96.6 Å². The van der Waals surface area contributed by atoms with Gasteiger partial charge < -0.3 is 14.8 Å². The third kappa shape index (κ3) is 3.82. The van der Waals surface area contributed by atoms with Crippen LogP contribution in [0.2, 0.25) is 0 Å². The lowest BCUT2D eigenvalue weighted by molar-refractivity contribution is -0.136. The average Bonchev–Trinajstić information content (AvgIpc) is 2.47. The van der Waals surface area contributed by atoms with Gasteiger partial charge >= 0.3 is 5.97 Å². The molecule has 1 amide bonds. The molecule has 2 N–H and O–H groups in total. The Hall–Kier alpha value is -2.89. The summed E-state index contributed by atoms with van der Waals surface area (Å²) in [7, 11) is 0. The van der Waals surface area contributed by atoms with Gasteiger partial charge in [0, 0.05) is 12.6 Å². The molecule has 22 heavy (non-hydrogen) atoms. The molecule has 1 heterocycles. The lowest BCUT2D eigenvalue weighted by Gasteiger charge is -2.00. The lowest BCUT2D eigenvalue weighted by Crippen LogP contribution is -2.24. The minimum Gasteiger partial charge on any atom is -0.481 e. The van der Waals surface area contributed by atoms with Gasteiger partial charge in [-0.2, -0.15) is 0 Å². The highest BCUT2D eigenvalue weighted by molar-refractivity contribution is 5.92. The van der Waals surface area contributed by atoms with Gasteiger partial charge in [-0.05, 0) is 25.1 Å². The summed E-state index contributed by atoms with van der Waals surface area (Å²) in [5.74, 6) is -1.46. The van der Waals surface area contributed by atoms with E-state index in [0.29, 0.717) is 11.0 Å². The second-order valence-corrected chi connectivity index (χ2v) is 4.79. The van der Waals surface area contributed by atoms with Crippen LogP contribution in [-0.2, 0) is 9.59 Å². The maximum atomic E-state index is 12.3. The van der Waals surface area contributed by atoms with Gasteiger partial charge in [-0.15, -0.1) is 0 Å². The summed E-state index contributed by atoms with van der Waals surface area (Å²) >= 11 is 0. The van der Waals surface area contributed by atoms with E-state index in [2.05, 4.69) is 5.32 Å². The summed E-state index contributed by atoms with van der Waals surface area (Å²) in [5, 5.41) is 11.3. The number of carboxylic acids is 1. The summed E-state index contributed by atoms with van der Waals surface area (Å²) in [6.07, 6.45) is 3.66. The first-order chi connectivity index (χ1) is 10.5. The predicted octanol–water partition coefficient (Wildman–Crippen LogP) is 1.71. The zero-order valence-electron chi connectivity index (χ0n) is 12.0. The Bertz CT molecular complexity index is 804. The number of amides is 1. The minimum absolute atomic E-state index is 0.0318. The molecule has 2 aromatic rings. The van der Waals surface area contributed by atoms with Gasteiger partial charge in [0.2, 0.25) is 5.91 Å². The number of aryl methyl sites for hydroxylation is 1. The molecule has 0 spiro atoms. The molecule has 0 fully saturated rings. The van der Waals surface area contributed by atoms with Gasteiger partial charge in [0.15, 0.2) is 5.43 Å². The van der Waals surface area contributed by atoms with Gasteiger partial charge in [0.05, 0.1) is 17.4 Å². The van der Waals surface area contributed by atoms with Gasteiger partial charge in [-0.1, -0.05) is 11.6 Å². The van der Waals surface area contributed by atoms with Crippen LogP contribution in [0, 0.1) is 6.92 Å². The highest BCUT2D eigenvalue weighted by Crippen LogP contribution is 2.13. The Labute approximate surface area is 126 Å². The number of hydrogen-bond donors (Lipinski definition) is 2. The van der Waals surface area contributed by atoms with Crippen LogP contribution in [0.3, 0.4) is 0 Å². The van der Waals surface area contributed by atoms with Crippen molar-refractivity contribution in [3.05, 3.63) is 51.9 Å². The molecule has 6 heteroatoms. The number of carbonyl (C=O) groups is 2. The number of rotatable bonds is 5. The fraction of sp³-hybridized carbons (Fsp3) is 0.188. The summed E-state index contributed by atoms with van der Waals surface area (Å²) < 4.78 is 5.36. The van der Waals surface area contributed by atoms with Crippen molar-refractivity contribution in [3.8, 4) is 0 Å². The van der Waals surface area contributed by atoms with Crippen LogP contribution >= 0.6 is 0 Å². The van der Waals surface area contributed by atoms with Crippen LogP contribution in [0.4, 0.5) is 0 Å². The molecular formula is C16H15NO5. The van der Waals surface area contributed by atoms with Crippen LogP contribution in [0.15, 0.2) is 39.7 Å². The van der Waals surface area contributed by atoms with Crippen molar-refractivity contribution < 1.29 is 19.1 Å². The Morgan fingerprint density at radius 1 is 1.36 bits per heavy atom. The molecule has 0 radical (unpaired) electrons. The number of nitrogens with one attached hydrogen (secondary N) is 1. The second kappa shape index (κ2) is 6.71. The van der Waals surface area contributed by atoms with Crippen molar-refractivity contribution in [1.82, 2.24) is 5.32 Å². The molecule has 1 aromatic carbocycles. The zero-order valence-corrected chi connectivity index (χ0v) is 12.0. The molecule has 114 valence electrons. The van der Waals surface area contributed by atoms with Crippen LogP contribution in [0.1, 0.15) is 17.5 Å². The van der Waals surface area contributed by atoms with Crippen LogP contribution in [-0.4, -0.2) is 23.5 Å². The van der Waals surface area contributed by atoms with Crippen molar-refractivity contribution in [3.63, 3.8) is 0 Å². The maximum absolute atomic E-state index is 12.3. The van der Waals surface area contributed by atoms with E-state index in [0.717, 1.165) is 5.56 Å². The Kier molecular flexibility index (Phi) is 4.73. The fourth-order valence-corrected chi connectivity index (χ4v) is 1.89. The van der Waals surface area contributed by atoms with Gasteiger partial charge in [0.25, 0.3) is 0 Å². The first-order valence-electron chi connectivity index (χ1n) is 6.67.